The molecule has 0 saturated heterocycles. The van der Waals surface area contributed by atoms with E-state index in [9.17, 15) is 14.4 Å². The van der Waals surface area contributed by atoms with Crippen LogP contribution >= 0.6 is 0 Å². The van der Waals surface area contributed by atoms with Crippen molar-refractivity contribution < 1.29 is 19.1 Å². The predicted octanol–water partition coefficient (Wildman–Crippen LogP) is -0.969. The molecule has 0 atom stereocenters. The highest BCUT2D eigenvalue weighted by atomic mass is 16.5. The van der Waals surface area contributed by atoms with Crippen LogP contribution in [0.5, 0.6) is 0 Å². The fourth-order valence-electron chi connectivity index (χ4n) is 0.440. The van der Waals surface area contributed by atoms with Gasteiger partial charge in [0, 0.05) is 7.05 Å². The van der Waals surface area contributed by atoms with Gasteiger partial charge in [0.15, 0.2) is 6.29 Å². The SMILES string of the molecule is C=C(C(=O)NC)C(=O)OCC=O. The Kier molecular flexibility index (Phi) is 4.36. The highest BCUT2D eigenvalue weighted by Gasteiger charge is 2.14. The molecule has 12 heavy (non-hydrogen) atoms. The molecule has 0 heterocycles. The summed E-state index contributed by atoms with van der Waals surface area (Å²) in [6.07, 6.45) is 0.412. The second-order valence-corrected chi connectivity index (χ2v) is 1.82. The maximum absolute atomic E-state index is 10.8. The number of carbonyl (C=O) groups is 3. The van der Waals surface area contributed by atoms with Gasteiger partial charge in [0.2, 0.25) is 0 Å². The van der Waals surface area contributed by atoms with Crippen LogP contribution in [0, 0.1) is 0 Å². The Morgan fingerprint density at radius 1 is 1.58 bits per heavy atom. The topological polar surface area (TPSA) is 72.5 Å². The monoisotopic (exact) mass is 171 g/mol. The lowest BCUT2D eigenvalue weighted by molar-refractivity contribution is -0.142. The van der Waals surface area contributed by atoms with Gasteiger partial charge in [0.25, 0.3) is 5.91 Å². The molecule has 0 aromatic carbocycles. The molecule has 0 spiro atoms. The van der Waals surface area contributed by atoms with E-state index in [4.69, 9.17) is 0 Å². The van der Waals surface area contributed by atoms with E-state index in [1.807, 2.05) is 0 Å². The first-order chi connectivity index (χ1) is 5.63. The standard InChI is InChI=1S/C7H9NO4/c1-5(6(10)8-2)7(11)12-4-3-9/h3H,1,4H2,2H3,(H,8,10). The Balaban J connectivity index is 4.01. The number of likely N-dealkylation sites (N-methyl/N-ethyl adjacent to an activating group) is 1. The lowest BCUT2D eigenvalue weighted by Gasteiger charge is -2.01. The smallest absolute Gasteiger partial charge is 0.343 e. The number of aldehydes is 1. The molecule has 66 valence electrons. The van der Waals surface area contributed by atoms with E-state index in [1.54, 1.807) is 0 Å². The van der Waals surface area contributed by atoms with Crippen molar-refractivity contribution in [2.75, 3.05) is 13.7 Å². The van der Waals surface area contributed by atoms with Crippen molar-refractivity contribution >= 4 is 18.2 Å². The summed E-state index contributed by atoms with van der Waals surface area (Å²) in [5.74, 6) is -1.51. The molecule has 0 aliphatic carbocycles. The summed E-state index contributed by atoms with van der Waals surface area (Å²) >= 11 is 0. The van der Waals surface area contributed by atoms with Gasteiger partial charge in [-0.05, 0) is 0 Å². The van der Waals surface area contributed by atoms with Crippen molar-refractivity contribution in [3.05, 3.63) is 12.2 Å². The number of amides is 1. The number of rotatable bonds is 4. The zero-order valence-corrected chi connectivity index (χ0v) is 6.62. The summed E-state index contributed by atoms with van der Waals surface area (Å²) in [5.41, 5.74) is -0.320. The molecular formula is C7H9NO4. The van der Waals surface area contributed by atoms with Crippen LogP contribution < -0.4 is 5.32 Å². The van der Waals surface area contributed by atoms with E-state index < -0.39 is 11.9 Å². The highest BCUT2D eigenvalue weighted by Crippen LogP contribution is 1.93. The van der Waals surface area contributed by atoms with E-state index in [0.717, 1.165) is 0 Å². The maximum atomic E-state index is 10.8. The molecular weight excluding hydrogens is 162 g/mol. The fourth-order valence-corrected chi connectivity index (χ4v) is 0.440. The third kappa shape index (κ3) is 2.96. The van der Waals surface area contributed by atoms with E-state index >= 15 is 0 Å². The summed E-state index contributed by atoms with van der Waals surface area (Å²) in [4.78, 5) is 31.2. The van der Waals surface area contributed by atoms with Crippen LogP contribution in [0.2, 0.25) is 0 Å². The van der Waals surface area contributed by atoms with Gasteiger partial charge in [-0.3, -0.25) is 9.59 Å². The van der Waals surface area contributed by atoms with Crippen molar-refractivity contribution in [2.24, 2.45) is 0 Å². The number of ether oxygens (including phenoxy) is 1. The summed E-state index contributed by atoms with van der Waals surface area (Å²) in [6.45, 7) is 2.81. The second-order valence-electron chi connectivity index (χ2n) is 1.82. The quantitative estimate of drug-likeness (QED) is 0.194. The molecule has 0 aromatic rings. The minimum Gasteiger partial charge on any atom is -0.454 e. The molecule has 0 bridgehead atoms. The maximum Gasteiger partial charge on any atom is 0.343 e. The lowest BCUT2D eigenvalue weighted by atomic mass is 10.3. The minimum atomic E-state index is -0.888. The van der Waals surface area contributed by atoms with Crippen LogP contribution in [0.1, 0.15) is 0 Å². The summed E-state index contributed by atoms with van der Waals surface area (Å²) < 4.78 is 4.31. The zero-order valence-electron chi connectivity index (χ0n) is 6.62. The van der Waals surface area contributed by atoms with Gasteiger partial charge in [0.05, 0.1) is 0 Å². The van der Waals surface area contributed by atoms with Crippen molar-refractivity contribution in [3.63, 3.8) is 0 Å². The molecule has 5 nitrogen and oxygen atoms in total. The van der Waals surface area contributed by atoms with Crippen LogP contribution in [0.4, 0.5) is 0 Å². The molecule has 0 radical (unpaired) electrons. The Hall–Kier alpha value is -1.65. The molecule has 0 aromatic heterocycles. The first-order valence-electron chi connectivity index (χ1n) is 3.15. The highest BCUT2D eigenvalue weighted by molar-refractivity contribution is 6.15. The summed E-state index contributed by atoms with van der Waals surface area (Å²) in [6, 6.07) is 0. The normalized spacial score (nSPS) is 8.42. The van der Waals surface area contributed by atoms with Crippen LogP contribution in [0.25, 0.3) is 0 Å². The molecule has 5 heteroatoms. The molecule has 0 aliphatic rings. The third-order valence-corrected chi connectivity index (χ3v) is 1.03. The van der Waals surface area contributed by atoms with E-state index in [1.165, 1.54) is 7.05 Å². The number of hydrogen-bond acceptors (Lipinski definition) is 4. The molecule has 0 saturated carbocycles. The van der Waals surface area contributed by atoms with E-state index in [-0.39, 0.29) is 12.2 Å². The molecule has 0 rings (SSSR count). The molecule has 0 unspecified atom stereocenters. The molecule has 0 aliphatic heterocycles. The fraction of sp³-hybridized carbons (Fsp3) is 0.286. The first kappa shape index (κ1) is 10.3. The average Bonchev–Trinajstić information content (AvgIpc) is 2.11. The van der Waals surface area contributed by atoms with Crippen LogP contribution in [-0.4, -0.2) is 31.8 Å². The number of carbonyl (C=O) groups excluding carboxylic acids is 3. The van der Waals surface area contributed by atoms with Crippen LogP contribution in [-0.2, 0) is 19.1 Å². The van der Waals surface area contributed by atoms with Gasteiger partial charge in [-0.25, -0.2) is 4.79 Å². The first-order valence-corrected chi connectivity index (χ1v) is 3.15. The number of esters is 1. The average molecular weight is 171 g/mol. The van der Waals surface area contributed by atoms with Crippen LogP contribution in [0.3, 0.4) is 0 Å². The number of nitrogens with one attached hydrogen (secondary N) is 1. The Bertz CT molecular complexity index is 221. The van der Waals surface area contributed by atoms with Gasteiger partial charge >= 0.3 is 5.97 Å². The summed E-state index contributed by atoms with van der Waals surface area (Å²) in [7, 11) is 1.36. The van der Waals surface area contributed by atoms with Gasteiger partial charge in [-0.1, -0.05) is 6.58 Å². The third-order valence-electron chi connectivity index (χ3n) is 1.03. The largest absolute Gasteiger partial charge is 0.454 e. The minimum absolute atomic E-state index is 0.320. The van der Waals surface area contributed by atoms with Crippen molar-refractivity contribution in [1.29, 1.82) is 0 Å². The molecule has 0 fully saturated rings. The Morgan fingerprint density at radius 3 is 2.58 bits per heavy atom. The molecule has 1 amide bonds. The summed E-state index contributed by atoms with van der Waals surface area (Å²) in [5, 5.41) is 2.19. The van der Waals surface area contributed by atoms with Crippen molar-refractivity contribution in [1.82, 2.24) is 5.32 Å². The van der Waals surface area contributed by atoms with E-state index in [2.05, 4.69) is 16.6 Å². The lowest BCUT2D eigenvalue weighted by Crippen LogP contribution is -2.25. The van der Waals surface area contributed by atoms with Gasteiger partial charge in [-0.2, -0.15) is 0 Å². The number of hydrogen-bond donors (Lipinski definition) is 1. The Labute approximate surface area is 69.4 Å². The van der Waals surface area contributed by atoms with Gasteiger partial charge < -0.3 is 10.1 Å². The molecule has 1 N–H and O–H groups in total. The zero-order chi connectivity index (χ0) is 9.56. The predicted molar refractivity (Wildman–Crippen MR) is 40.2 cm³/mol. The second kappa shape index (κ2) is 5.06. The van der Waals surface area contributed by atoms with Crippen LogP contribution in [0.15, 0.2) is 12.2 Å². The van der Waals surface area contributed by atoms with Crippen molar-refractivity contribution in [2.45, 2.75) is 0 Å². The van der Waals surface area contributed by atoms with Crippen molar-refractivity contribution in [3.8, 4) is 0 Å². The Morgan fingerprint density at radius 2 is 2.17 bits per heavy atom. The van der Waals surface area contributed by atoms with Gasteiger partial charge in [-0.15, -0.1) is 0 Å². The van der Waals surface area contributed by atoms with E-state index in [0.29, 0.717) is 6.29 Å². The van der Waals surface area contributed by atoms with Gasteiger partial charge in [0.1, 0.15) is 12.2 Å².